The Morgan fingerprint density at radius 1 is 1.22 bits per heavy atom. The van der Waals surface area contributed by atoms with E-state index in [1.807, 2.05) is 6.07 Å². The lowest BCUT2D eigenvalue weighted by atomic mass is 10.1. The van der Waals surface area contributed by atoms with Gasteiger partial charge in [-0.2, -0.15) is 0 Å². The first-order valence-electron chi connectivity index (χ1n) is 7.62. The number of hydrogen-bond donors (Lipinski definition) is 2. The topological polar surface area (TPSA) is 65.5 Å². The van der Waals surface area contributed by atoms with Gasteiger partial charge in [0.2, 0.25) is 0 Å². The summed E-state index contributed by atoms with van der Waals surface area (Å²) in [6.07, 6.45) is 2.23. The maximum Gasteiger partial charge on any atom is 0.354 e. The minimum Gasteiger partial charge on any atom is -0.477 e. The Morgan fingerprint density at radius 2 is 1.96 bits per heavy atom. The summed E-state index contributed by atoms with van der Waals surface area (Å²) in [5.74, 6) is -0.936. The van der Waals surface area contributed by atoms with Crippen LogP contribution < -0.4 is 10.2 Å². The van der Waals surface area contributed by atoms with Gasteiger partial charge in [0, 0.05) is 30.9 Å². The van der Waals surface area contributed by atoms with Crippen LogP contribution in [0.1, 0.15) is 28.9 Å². The van der Waals surface area contributed by atoms with Crippen molar-refractivity contribution in [3.05, 3.63) is 53.5 Å². The number of carboxylic acid groups (broad SMARTS) is 1. The largest absolute Gasteiger partial charge is 0.477 e. The van der Waals surface area contributed by atoms with Crippen molar-refractivity contribution in [2.75, 3.05) is 23.3 Å². The number of hydrogen-bond acceptors (Lipinski definition) is 4. The standard InChI is InChI=1S/C17H18FN3O2/c18-13-5-3-7-15(21-9-1-2-10-21)12(13)11-19-16-8-4-6-14(20-16)17(22)23/h3-8H,1-2,9-11H2,(H,19,20)(H,22,23). The third kappa shape index (κ3) is 3.41. The van der Waals surface area contributed by atoms with Crippen molar-refractivity contribution in [1.82, 2.24) is 4.98 Å². The summed E-state index contributed by atoms with van der Waals surface area (Å²) in [6.45, 7) is 2.13. The van der Waals surface area contributed by atoms with E-state index in [0.29, 0.717) is 11.4 Å². The molecule has 0 saturated carbocycles. The molecule has 5 nitrogen and oxygen atoms in total. The molecule has 0 amide bonds. The van der Waals surface area contributed by atoms with E-state index >= 15 is 0 Å². The van der Waals surface area contributed by atoms with Gasteiger partial charge in [0.05, 0.1) is 0 Å². The second-order valence-corrected chi connectivity index (χ2v) is 5.50. The van der Waals surface area contributed by atoms with Crippen LogP contribution in [0.2, 0.25) is 0 Å². The smallest absolute Gasteiger partial charge is 0.354 e. The zero-order valence-corrected chi connectivity index (χ0v) is 12.6. The van der Waals surface area contributed by atoms with Gasteiger partial charge in [-0.25, -0.2) is 14.2 Å². The minimum atomic E-state index is -1.09. The molecule has 3 rings (SSSR count). The molecule has 0 unspecified atom stereocenters. The summed E-state index contributed by atoms with van der Waals surface area (Å²) < 4.78 is 14.2. The summed E-state index contributed by atoms with van der Waals surface area (Å²) in [7, 11) is 0. The van der Waals surface area contributed by atoms with Crippen molar-refractivity contribution in [3.8, 4) is 0 Å². The Hall–Kier alpha value is -2.63. The molecule has 1 aromatic carbocycles. The van der Waals surface area contributed by atoms with E-state index in [0.717, 1.165) is 31.6 Å². The molecule has 0 spiro atoms. The number of rotatable bonds is 5. The van der Waals surface area contributed by atoms with E-state index in [9.17, 15) is 9.18 Å². The quantitative estimate of drug-likeness (QED) is 0.887. The Bertz CT molecular complexity index is 715. The van der Waals surface area contributed by atoms with Crippen molar-refractivity contribution in [2.45, 2.75) is 19.4 Å². The highest BCUT2D eigenvalue weighted by atomic mass is 19.1. The first-order chi connectivity index (χ1) is 11.1. The lowest BCUT2D eigenvalue weighted by molar-refractivity contribution is 0.0690. The van der Waals surface area contributed by atoms with Crippen LogP contribution in [-0.2, 0) is 6.54 Å². The fourth-order valence-electron chi connectivity index (χ4n) is 2.81. The number of pyridine rings is 1. The van der Waals surface area contributed by atoms with Gasteiger partial charge in [-0.15, -0.1) is 0 Å². The molecule has 1 aromatic heterocycles. The van der Waals surface area contributed by atoms with Gasteiger partial charge in [0.15, 0.2) is 5.69 Å². The van der Waals surface area contributed by atoms with Crippen LogP contribution >= 0.6 is 0 Å². The van der Waals surface area contributed by atoms with Crippen LogP contribution in [0.25, 0.3) is 0 Å². The minimum absolute atomic E-state index is 0.0386. The highest BCUT2D eigenvalue weighted by Gasteiger charge is 2.18. The highest BCUT2D eigenvalue weighted by molar-refractivity contribution is 5.85. The average molecular weight is 315 g/mol. The Morgan fingerprint density at radius 3 is 2.70 bits per heavy atom. The molecular weight excluding hydrogens is 297 g/mol. The average Bonchev–Trinajstić information content (AvgIpc) is 3.08. The van der Waals surface area contributed by atoms with Crippen LogP contribution in [0.4, 0.5) is 15.9 Å². The fraction of sp³-hybridized carbons (Fsp3) is 0.294. The second kappa shape index (κ2) is 6.64. The lowest BCUT2D eigenvalue weighted by Crippen LogP contribution is -2.21. The Balaban J connectivity index is 1.80. The molecule has 1 aliphatic heterocycles. The number of carbonyl (C=O) groups is 1. The molecule has 120 valence electrons. The zero-order valence-electron chi connectivity index (χ0n) is 12.6. The van der Waals surface area contributed by atoms with Gasteiger partial charge >= 0.3 is 5.97 Å². The predicted molar refractivity (Wildman–Crippen MR) is 86.4 cm³/mol. The van der Waals surface area contributed by atoms with Crippen LogP contribution in [0.15, 0.2) is 36.4 Å². The summed E-state index contributed by atoms with van der Waals surface area (Å²) in [4.78, 5) is 17.1. The second-order valence-electron chi connectivity index (χ2n) is 5.50. The van der Waals surface area contributed by atoms with E-state index in [2.05, 4.69) is 15.2 Å². The zero-order chi connectivity index (χ0) is 16.2. The summed E-state index contributed by atoms with van der Waals surface area (Å²) >= 11 is 0. The van der Waals surface area contributed by atoms with E-state index in [-0.39, 0.29) is 18.1 Å². The molecule has 0 aliphatic carbocycles. The maximum absolute atomic E-state index is 14.2. The molecule has 23 heavy (non-hydrogen) atoms. The summed E-state index contributed by atoms with van der Waals surface area (Å²) in [5.41, 5.74) is 1.43. The molecule has 2 heterocycles. The van der Waals surface area contributed by atoms with E-state index in [4.69, 9.17) is 5.11 Å². The lowest BCUT2D eigenvalue weighted by Gasteiger charge is -2.22. The van der Waals surface area contributed by atoms with Crippen molar-refractivity contribution in [2.24, 2.45) is 0 Å². The number of nitrogens with one attached hydrogen (secondary N) is 1. The first kappa shape index (κ1) is 15.3. The number of halogens is 1. The number of benzene rings is 1. The van der Waals surface area contributed by atoms with Crippen molar-refractivity contribution < 1.29 is 14.3 Å². The summed E-state index contributed by atoms with van der Waals surface area (Å²) in [6, 6.07) is 9.79. The molecule has 2 aromatic rings. The van der Waals surface area contributed by atoms with Crippen LogP contribution in [-0.4, -0.2) is 29.1 Å². The van der Waals surface area contributed by atoms with Crippen LogP contribution in [0.3, 0.4) is 0 Å². The molecule has 2 N–H and O–H groups in total. The number of anilines is 2. The van der Waals surface area contributed by atoms with Crippen LogP contribution in [0, 0.1) is 5.82 Å². The number of aromatic carboxylic acids is 1. The third-order valence-corrected chi connectivity index (χ3v) is 3.96. The molecular formula is C17H18FN3O2. The molecule has 0 bridgehead atoms. The normalized spacial score (nSPS) is 14.0. The first-order valence-corrected chi connectivity index (χ1v) is 7.62. The molecule has 1 aliphatic rings. The van der Waals surface area contributed by atoms with Gasteiger partial charge < -0.3 is 15.3 Å². The maximum atomic E-state index is 14.2. The molecule has 1 fully saturated rings. The van der Waals surface area contributed by atoms with E-state index in [1.165, 1.54) is 12.1 Å². The van der Waals surface area contributed by atoms with Crippen molar-refractivity contribution in [3.63, 3.8) is 0 Å². The van der Waals surface area contributed by atoms with Gasteiger partial charge in [-0.3, -0.25) is 0 Å². The fourth-order valence-corrected chi connectivity index (χ4v) is 2.81. The molecule has 6 heteroatoms. The van der Waals surface area contributed by atoms with Gasteiger partial charge in [-0.05, 0) is 37.1 Å². The number of aromatic nitrogens is 1. The molecule has 0 radical (unpaired) electrons. The number of carboxylic acids is 1. The van der Waals surface area contributed by atoms with Gasteiger partial charge in [0.25, 0.3) is 0 Å². The van der Waals surface area contributed by atoms with Crippen molar-refractivity contribution >= 4 is 17.5 Å². The van der Waals surface area contributed by atoms with Gasteiger partial charge in [-0.1, -0.05) is 12.1 Å². The molecule has 0 atom stereocenters. The van der Waals surface area contributed by atoms with Gasteiger partial charge in [0.1, 0.15) is 11.6 Å². The highest BCUT2D eigenvalue weighted by Crippen LogP contribution is 2.27. The Kier molecular flexibility index (Phi) is 4.41. The third-order valence-electron chi connectivity index (χ3n) is 3.96. The van der Waals surface area contributed by atoms with E-state index < -0.39 is 5.97 Å². The molecule has 1 saturated heterocycles. The Labute approximate surface area is 133 Å². The van der Waals surface area contributed by atoms with Crippen molar-refractivity contribution in [1.29, 1.82) is 0 Å². The van der Waals surface area contributed by atoms with E-state index in [1.54, 1.807) is 18.2 Å². The SMILES string of the molecule is O=C(O)c1cccc(NCc2c(F)cccc2N2CCCC2)n1. The van der Waals surface area contributed by atoms with Crippen LogP contribution in [0.5, 0.6) is 0 Å². The monoisotopic (exact) mass is 315 g/mol. The number of nitrogens with zero attached hydrogens (tertiary/aromatic N) is 2. The summed E-state index contributed by atoms with van der Waals surface area (Å²) in [5, 5.41) is 12.0. The predicted octanol–water partition coefficient (Wildman–Crippen LogP) is 3.13.